The number of hydrogen-bond acceptors (Lipinski definition) is 5. The van der Waals surface area contributed by atoms with Gasteiger partial charge >= 0.3 is 11.9 Å². The minimum atomic E-state index is -3.12. The Labute approximate surface area is 63.2 Å². The van der Waals surface area contributed by atoms with Crippen LogP contribution in [0.15, 0.2) is 12.2 Å². The fraction of sp³-hybridized carbons (Fsp3) is 0. The summed E-state index contributed by atoms with van der Waals surface area (Å²) < 4.78 is 28.2. The first kappa shape index (κ1) is 9.79. The molecule has 0 saturated heterocycles. The van der Waals surface area contributed by atoms with Crippen molar-refractivity contribution in [3.05, 3.63) is 12.2 Å². The second-order valence-corrected chi connectivity index (χ2v) is 1.79. The molecule has 0 atom stereocenters. The lowest BCUT2D eigenvalue weighted by molar-refractivity contribution is -0.150. The fourth-order valence-electron chi connectivity index (χ4n) is 0.303. The minimum absolute atomic E-state index is 0.579. The second-order valence-electron chi connectivity index (χ2n) is 1.31. The van der Waals surface area contributed by atoms with Crippen molar-refractivity contribution in [3.8, 4) is 0 Å². The van der Waals surface area contributed by atoms with Crippen LogP contribution in [0.1, 0.15) is 0 Å². The second kappa shape index (κ2) is 4.58. The van der Waals surface area contributed by atoms with Gasteiger partial charge in [0.15, 0.2) is 0 Å². The zero-order valence-corrected chi connectivity index (χ0v) is 5.98. The maximum Gasteiger partial charge on any atom is 0.338 e. The molecule has 0 aromatic carbocycles. The molecule has 1 aliphatic heterocycles. The number of rotatable bonds is 0. The number of cyclic esters (lactones) is 2. The normalized spacial score (nSPS) is 14.4. The maximum atomic E-state index is 9.92. The Balaban J connectivity index is 0.000000218. The molecule has 0 aromatic rings. The molecule has 0 amide bonds. The molecule has 0 bridgehead atoms. The van der Waals surface area contributed by atoms with E-state index in [2.05, 4.69) is 4.74 Å². The summed E-state index contributed by atoms with van der Waals surface area (Å²) in [6, 6.07) is 0. The number of ether oxygens (including phenoxy) is 1. The lowest BCUT2D eigenvalue weighted by atomic mass is 10.6. The summed E-state index contributed by atoms with van der Waals surface area (Å²) in [5.74, 6) is -1.16. The van der Waals surface area contributed by atoms with Crippen LogP contribution >= 0.6 is 0 Å². The molecule has 0 spiro atoms. The number of thiol groups is 1. The summed E-state index contributed by atoms with van der Waals surface area (Å²) in [5.41, 5.74) is 0. The highest BCUT2D eigenvalue weighted by molar-refractivity contribution is 7.66. The number of carbonyl (C=O) groups is 2. The van der Waals surface area contributed by atoms with E-state index < -0.39 is 22.9 Å². The van der Waals surface area contributed by atoms with Crippen LogP contribution in [0.5, 0.6) is 0 Å². The van der Waals surface area contributed by atoms with E-state index in [1.165, 1.54) is 0 Å². The van der Waals surface area contributed by atoms with Crippen LogP contribution in [0.3, 0.4) is 0 Å². The van der Waals surface area contributed by atoms with Gasteiger partial charge in [0, 0.05) is 12.2 Å². The summed E-state index contributed by atoms with van der Waals surface area (Å²) in [6.07, 6.45) is 2.17. The zero-order valence-electron chi connectivity index (χ0n) is 5.09. The van der Waals surface area contributed by atoms with Gasteiger partial charge in [0.1, 0.15) is 0 Å². The summed E-state index contributed by atoms with van der Waals surface area (Å²) in [5, 5.41) is 0. The van der Waals surface area contributed by atoms with E-state index in [-0.39, 0.29) is 0 Å². The molecule has 7 heteroatoms. The summed E-state index contributed by atoms with van der Waals surface area (Å²) in [7, 11) is -3.12. The van der Waals surface area contributed by atoms with E-state index >= 15 is 0 Å². The molecule has 1 rings (SSSR count). The number of hydrogen-bond donors (Lipinski definition) is 2. The maximum absolute atomic E-state index is 9.92. The summed E-state index contributed by atoms with van der Waals surface area (Å²) in [6.45, 7) is 0. The smallest absolute Gasteiger partial charge is 0.338 e. The third kappa shape index (κ3) is 6.68. The lowest BCUT2D eigenvalue weighted by Gasteiger charge is -1.80. The van der Waals surface area contributed by atoms with Crippen molar-refractivity contribution in [3.63, 3.8) is 0 Å². The van der Waals surface area contributed by atoms with E-state index in [0.717, 1.165) is 12.2 Å². The van der Waals surface area contributed by atoms with E-state index in [9.17, 15) is 9.59 Å². The van der Waals surface area contributed by atoms with Crippen molar-refractivity contribution >= 4 is 22.9 Å². The average Bonchev–Trinajstić information content (AvgIpc) is 2.13. The minimum Gasteiger partial charge on any atom is -0.387 e. The predicted octanol–water partition coefficient (Wildman–Crippen LogP) is -1.30. The van der Waals surface area contributed by atoms with Crippen molar-refractivity contribution in [1.82, 2.24) is 0 Å². The van der Waals surface area contributed by atoms with E-state index in [1.54, 1.807) is 0 Å². The Hall–Kier alpha value is -1.21. The third-order valence-corrected chi connectivity index (χ3v) is 0.557. The predicted molar refractivity (Wildman–Crippen MR) is 33.2 cm³/mol. The van der Waals surface area contributed by atoms with E-state index in [0.29, 0.717) is 0 Å². The quantitative estimate of drug-likeness (QED) is 0.208. The van der Waals surface area contributed by atoms with Crippen LogP contribution in [0.25, 0.3) is 0 Å². The largest absolute Gasteiger partial charge is 0.387 e. The van der Waals surface area contributed by atoms with Gasteiger partial charge in [-0.1, -0.05) is 0 Å². The van der Waals surface area contributed by atoms with Crippen LogP contribution in [-0.4, -0.2) is 24.9 Å². The molecule has 0 saturated carbocycles. The lowest BCUT2D eigenvalue weighted by Crippen LogP contribution is -1.96. The van der Waals surface area contributed by atoms with Gasteiger partial charge in [0.25, 0.3) is 11.0 Å². The third-order valence-electron chi connectivity index (χ3n) is 0.557. The highest BCUT2D eigenvalue weighted by Crippen LogP contribution is 1.92. The molecule has 0 radical (unpaired) electrons. The molecular formula is C4H4O6S. The molecule has 1 N–H and O–H groups in total. The molecular weight excluding hydrogens is 176 g/mol. The standard InChI is InChI=1S/C4H2O3.H2O3S/c5-3-1-2-4(6)7-3;1-4(2)3/h1-2H;4H,(H,1,2,3). The molecule has 0 aromatic heterocycles. The Morgan fingerprint density at radius 3 is 1.55 bits per heavy atom. The highest BCUT2D eigenvalue weighted by atomic mass is 32.2. The van der Waals surface area contributed by atoms with Crippen LogP contribution in [-0.2, 0) is 25.3 Å². The molecule has 1 heterocycles. The fourth-order valence-corrected chi connectivity index (χ4v) is 0.303. The summed E-state index contributed by atoms with van der Waals surface area (Å²) >= 11 is 0. The Kier molecular flexibility index (Phi) is 4.08. The van der Waals surface area contributed by atoms with Gasteiger partial charge in [-0.2, -0.15) is 0 Å². The van der Waals surface area contributed by atoms with E-state index in [1.807, 2.05) is 0 Å². The van der Waals surface area contributed by atoms with Crippen LogP contribution < -0.4 is 0 Å². The van der Waals surface area contributed by atoms with Crippen molar-refractivity contribution in [1.29, 1.82) is 0 Å². The van der Waals surface area contributed by atoms with Gasteiger partial charge in [-0.15, -0.1) is 0 Å². The average molecular weight is 180 g/mol. The van der Waals surface area contributed by atoms with Crippen molar-refractivity contribution < 1.29 is 27.3 Å². The molecule has 0 aliphatic carbocycles. The van der Waals surface area contributed by atoms with Gasteiger partial charge in [-0.05, 0) is 0 Å². The number of carbonyl (C=O) groups excluding carboxylic acids is 2. The topological polar surface area (TPSA) is 97.7 Å². The van der Waals surface area contributed by atoms with Crippen LogP contribution in [0, 0.1) is 0 Å². The van der Waals surface area contributed by atoms with Gasteiger partial charge in [0.05, 0.1) is 0 Å². The Bertz CT molecular complexity index is 238. The molecule has 62 valence electrons. The molecule has 1 aliphatic rings. The summed E-state index contributed by atoms with van der Waals surface area (Å²) in [4.78, 5) is 19.8. The first-order valence-corrected chi connectivity index (χ1v) is 3.42. The van der Waals surface area contributed by atoms with Gasteiger partial charge in [-0.3, -0.25) is 4.55 Å². The van der Waals surface area contributed by atoms with E-state index in [4.69, 9.17) is 13.0 Å². The zero-order chi connectivity index (χ0) is 8.85. The first-order valence-electron chi connectivity index (χ1n) is 2.29. The molecule has 6 nitrogen and oxygen atoms in total. The molecule has 11 heavy (non-hydrogen) atoms. The first-order chi connectivity index (χ1) is 5.02. The number of esters is 2. The monoisotopic (exact) mass is 180 g/mol. The highest BCUT2D eigenvalue weighted by Gasteiger charge is 2.10. The van der Waals surface area contributed by atoms with Crippen LogP contribution in [0.4, 0.5) is 0 Å². The molecule has 0 fully saturated rings. The SMILES string of the molecule is O=C1C=CC(=O)O1.O=[SH](=O)O. The Morgan fingerprint density at radius 1 is 1.18 bits per heavy atom. The van der Waals surface area contributed by atoms with Gasteiger partial charge in [0.2, 0.25) is 0 Å². The van der Waals surface area contributed by atoms with Crippen molar-refractivity contribution in [2.24, 2.45) is 0 Å². The Morgan fingerprint density at radius 2 is 1.45 bits per heavy atom. The van der Waals surface area contributed by atoms with Crippen LogP contribution in [0.2, 0.25) is 0 Å². The van der Waals surface area contributed by atoms with Gasteiger partial charge in [-0.25, -0.2) is 18.0 Å². The van der Waals surface area contributed by atoms with Crippen molar-refractivity contribution in [2.45, 2.75) is 0 Å². The van der Waals surface area contributed by atoms with Gasteiger partial charge < -0.3 is 4.74 Å². The van der Waals surface area contributed by atoms with Crippen molar-refractivity contribution in [2.75, 3.05) is 0 Å². The molecule has 0 unspecified atom stereocenters.